The fourth-order valence-corrected chi connectivity index (χ4v) is 2.97. The van der Waals surface area contributed by atoms with Crippen LogP contribution < -0.4 is 0 Å². The van der Waals surface area contributed by atoms with Crippen LogP contribution in [0.4, 0.5) is 0 Å². The minimum atomic E-state index is 0.472. The van der Waals surface area contributed by atoms with Crippen LogP contribution in [-0.2, 0) is 0 Å². The van der Waals surface area contributed by atoms with Gasteiger partial charge in [-0.1, -0.05) is 34.1 Å². The fraction of sp³-hybridized carbons (Fsp3) is 0. The van der Waals surface area contributed by atoms with Crippen LogP contribution in [0.5, 0.6) is 0 Å². The molecule has 0 unspecified atom stereocenters. The molecular weight excluding hydrogens is 356 g/mol. The van der Waals surface area contributed by atoms with Crippen molar-refractivity contribution >= 4 is 45.7 Å². The Bertz CT molecular complexity index is 802. The Kier molecular flexibility index (Phi) is 3.90. The van der Waals surface area contributed by atoms with Gasteiger partial charge in [-0.25, -0.2) is 5.10 Å². The first-order chi connectivity index (χ1) is 9.74. The lowest BCUT2D eigenvalue weighted by molar-refractivity contribution is 0.873. The van der Waals surface area contributed by atoms with Crippen LogP contribution in [0, 0.1) is 4.77 Å². The van der Waals surface area contributed by atoms with Crippen LogP contribution in [-0.4, -0.2) is 21.1 Å². The first-order valence-corrected chi connectivity index (χ1v) is 7.83. The van der Waals surface area contributed by atoms with Gasteiger partial charge in [-0.3, -0.25) is 0 Å². The van der Waals surface area contributed by atoms with Gasteiger partial charge in [0.2, 0.25) is 4.77 Å². The summed E-state index contributed by atoms with van der Waals surface area (Å²) in [5.41, 5.74) is 0.986. The molecule has 0 aliphatic heterocycles. The number of H-pyrrole nitrogens is 1. The number of halogens is 1. The van der Waals surface area contributed by atoms with E-state index in [-0.39, 0.29) is 0 Å². The number of benzene rings is 1. The number of nitrogens with zero attached hydrogens (tertiary/aromatic N) is 3. The smallest absolute Gasteiger partial charge is 0.216 e. The Labute approximate surface area is 132 Å². The summed E-state index contributed by atoms with van der Waals surface area (Å²) in [4.78, 5) is 1.02. The van der Waals surface area contributed by atoms with Crippen LogP contribution in [0.3, 0.4) is 0 Å². The van der Waals surface area contributed by atoms with Gasteiger partial charge in [-0.05, 0) is 41.4 Å². The first-order valence-electron chi connectivity index (χ1n) is 5.75. The summed E-state index contributed by atoms with van der Waals surface area (Å²) in [6.45, 7) is 0. The average molecular weight is 365 g/mol. The number of aromatic amines is 1. The van der Waals surface area contributed by atoms with Crippen molar-refractivity contribution in [3.05, 3.63) is 56.6 Å². The number of aromatic nitrogens is 3. The van der Waals surface area contributed by atoms with E-state index >= 15 is 0 Å². The summed E-state index contributed by atoms with van der Waals surface area (Å²) in [5.74, 6) is 0.719. The predicted molar refractivity (Wildman–Crippen MR) is 87.9 cm³/mol. The van der Waals surface area contributed by atoms with Crippen molar-refractivity contribution < 1.29 is 0 Å². The van der Waals surface area contributed by atoms with Crippen LogP contribution in [0.25, 0.3) is 10.7 Å². The van der Waals surface area contributed by atoms with Crippen molar-refractivity contribution in [3.8, 4) is 10.7 Å². The van der Waals surface area contributed by atoms with Gasteiger partial charge in [0.25, 0.3) is 0 Å². The molecule has 0 aliphatic rings. The zero-order valence-electron chi connectivity index (χ0n) is 10.2. The number of thiophene rings is 1. The lowest BCUT2D eigenvalue weighted by Crippen LogP contribution is -1.93. The maximum Gasteiger partial charge on any atom is 0.216 e. The summed E-state index contributed by atoms with van der Waals surface area (Å²) in [7, 11) is 0. The zero-order valence-corrected chi connectivity index (χ0v) is 13.4. The summed E-state index contributed by atoms with van der Waals surface area (Å²) in [6.07, 6.45) is 1.76. The first kappa shape index (κ1) is 13.4. The highest BCUT2D eigenvalue weighted by atomic mass is 79.9. The molecule has 0 spiro atoms. The minimum Gasteiger partial charge on any atom is -0.250 e. The van der Waals surface area contributed by atoms with E-state index in [1.54, 1.807) is 22.2 Å². The van der Waals surface area contributed by atoms with Gasteiger partial charge in [-0.15, -0.1) is 11.3 Å². The third kappa shape index (κ3) is 2.79. The van der Waals surface area contributed by atoms with Crippen molar-refractivity contribution in [2.24, 2.45) is 5.10 Å². The SMILES string of the molecule is S=c1[nH]nc(-c2cccs2)n1/N=C\c1cccc(Br)c1. The number of rotatable bonds is 3. The summed E-state index contributed by atoms with van der Waals surface area (Å²) < 4.78 is 3.11. The molecule has 2 heterocycles. The van der Waals surface area contributed by atoms with E-state index < -0.39 is 0 Å². The third-order valence-corrected chi connectivity index (χ3v) is 4.19. The molecule has 0 atom stereocenters. The van der Waals surface area contributed by atoms with Gasteiger partial charge in [0.15, 0.2) is 5.82 Å². The molecule has 7 heteroatoms. The van der Waals surface area contributed by atoms with Crippen LogP contribution in [0.1, 0.15) is 5.56 Å². The highest BCUT2D eigenvalue weighted by Crippen LogP contribution is 2.22. The average Bonchev–Trinajstić information content (AvgIpc) is 3.06. The number of hydrogen-bond donors (Lipinski definition) is 1. The number of nitrogens with one attached hydrogen (secondary N) is 1. The molecule has 0 saturated heterocycles. The van der Waals surface area contributed by atoms with E-state index in [0.29, 0.717) is 4.77 Å². The summed E-state index contributed by atoms with van der Waals surface area (Å²) in [6, 6.07) is 11.8. The molecule has 2 aromatic heterocycles. The molecule has 4 nitrogen and oxygen atoms in total. The van der Waals surface area contributed by atoms with Gasteiger partial charge in [-0.2, -0.15) is 14.9 Å². The monoisotopic (exact) mass is 364 g/mol. The Morgan fingerprint density at radius 3 is 3.00 bits per heavy atom. The molecule has 3 rings (SSSR count). The molecule has 0 aliphatic carbocycles. The topological polar surface area (TPSA) is 46.0 Å². The molecular formula is C13H9BrN4S2. The van der Waals surface area contributed by atoms with Gasteiger partial charge in [0, 0.05) is 4.47 Å². The second kappa shape index (κ2) is 5.82. The maximum absolute atomic E-state index is 5.21. The van der Waals surface area contributed by atoms with Crippen molar-refractivity contribution in [3.63, 3.8) is 0 Å². The molecule has 0 fully saturated rings. The zero-order chi connectivity index (χ0) is 13.9. The summed E-state index contributed by atoms with van der Waals surface area (Å²) in [5, 5.41) is 13.4. The predicted octanol–water partition coefficient (Wildman–Crippen LogP) is 4.31. The van der Waals surface area contributed by atoms with Gasteiger partial charge < -0.3 is 0 Å². The van der Waals surface area contributed by atoms with E-state index in [1.165, 1.54) is 0 Å². The van der Waals surface area contributed by atoms with Crippen molar-refractivity contribution in [1.82, 2.24) is 14.9 Å². The molecule has 0 saturated carbocycles. The molecule has 0 radical (unpaired) electrons. The Hall–Kier alpha value is -1.57. The van der Waals surface area contributed by atoms with E-state index in [1.807, 2.05) is 41.8 Å². The Balaban J connectivity index is 1.99. The third-order valence-electron chi connectivity index (χ3n) is 2.56. The lowest BCUT2D eigenvalue weighted by Gasteiger charge is -1.98. The lowest BCUT2D eigenvalue weighted by atomic mass is 10.2. The quantitative estimate of drug-likeness (QED) is 0.555. The second-order valence-corrected chi connectivity index (χ2v) is 6.19. The standard InChI is InChI=1S/C13H9BrN4S2/c14-10-4-1-3-9(7-10)8-15-18-12(16-17-13(18)19)11-5-2-6-20-11/h1-8H,(H,17,19)/b15-8-. The van der Waals surface area contributed by atoms with Crippen LogP contribution in [0.15, 0.2) is 51.4 Å². The molecule has 0 amide bonds. The minimum absolute atomic E-state index is 0.472. The molecule has 100 valence electrons. The highest BCUT2D eigenvalue weighted by molar-refractivity contribution is 9.10. The van der Waals surface area contributed by atoms with Crippen LogP contribution >= 0.6 is 39.5 Å². The molecule has 20 heavy (non-hydrogen) atoms. The van der Waals surface area contributed by atoms with E-state index in [0.717, 1.165) is 20.7 Å². The van der Waals surface area contributed by atoms with Crippen LogP contribution in [0.2, 0.25) is 0 Å². The molecule has 1 aromatic carbocycles. The highest BCUT2D eigenvalue weighted by Gasteiger charge is 2.08. The summed E-state index contributed by atoms with van der Waals surface area (Å²) >= 11 is 10.2. The van der Waals surface area contributed by atoms with Gasteiger partial charge >= 0.3 is 0 Å². The second-order valence-electron chi connectivity index (χ2n) is 3.94. The normalized spacial score (nSPS) is 11.2. The fourth-order valence-electron chi connectivity index (χ4n) is 1.68. The molecule has 1 N–H and O–H groups in total. The molecule has 3 aromatic rings. The van der Waals surface area contributed by atoms with Crippen molar-refractivity contribution in [2.45, 2.75) is 0 Å². The van der Waals surface area contributed by atoms with Gasteiger partial charge in [0.1, 0.15) is 0 Å². The van der Waals surface area contributed by atoms with Crippen molar-refractivity contribution in [1.29, 1.82) is 0 Å². The Morgan fingerprint density at radius 1 is 1.35 bits per heavy atom. The Morgan fingerprint density at radius 2 is 2.25 bits per heavy atom. The van der Waals surface area contributed by atoms with E-state index in [2.05, 4.69) is 31.2 Å². The van der Waals surface area contributed by atoms with Gasteiger partial charge in [0.05, 0.1) is 11.1 Å². The largest absolute Gasteiger partial charge is 0.250 e. The van der Waals surface area contributed by atoms with Crippen molar-refractivity contribution in [2.75, 3.05) is 0 Å². The van der Waals surface area contributed by atoms with E-state index in [9.17, 15) is 0 Å². The maximum atomic E-state index is 5.21. The number of hydrogen-bond acceptors (Lipinski definition) is 4. The molecule has 0 bridgehead atoms. The van der Waals surface area contributed by atoms with E-state index in [4.69, 9.17) is 12.2 Å².